The van der Waals surface area contributed by atoms with E-state index in [0.29, 0.717) is 0 Å². The minimum atomic E-state index is -1.08. The number of aliphatic carboxylic acids is 1. The van der Waals surface area contributed by atoms with E-state index >= 15 is 0 Å². The summed E-state index contributed by atoms with van der Waals surface area (Å²) in [5.41, 5.74) is 2.57. The number of hydrogen-bond acceptors (Lipinski definition) is 3. The summed E-state index contributed by atoms with van der Waals surface area (Å²) in [5.74, 6) is -1.58. The van der Waals surface area contributed by atoms with E-state index in [1.807, 2.05) is 52.0 Å². The van der Waals surface area contributed by atoms with Crippen LogP contribution in [0.5, 0.6) is 0 Å². The third kappa shape index (κ3) is 3.86. The molecule has 0 fully saturated rings. The highest BCUT2D eigenvalue weighted by Crippen LogP contribution is 2.20. The molecule has 1 atom stereocenters. The van der Waals surface area contributed by atoms with Crippen molar-refractivity contribution in [1.29, 1.82) is 0 Å². The summed E-state index contributed by atoms with van der Waals surface area (Å²) in [6.45, 7) is 7.85. The van der Waals surface area contributed by atoms with E-state index < -0.39 is 17.9 Å². The molecule has 3 rings (SSSR count). The van der Waals surface area contributed by atoms with Gasteiger partial charge in [-0.3, -0.25) is 9.48 Å². The molecule has 7 heteroatoms. The van der Waals surface area contributed by atoms with Crippen molar-refractivity contribution in [3.05, 3.63) is 53.5 Å². The Kier molecular flexibility index (Phi) is 4.78. The first kappa shape index (κ1) is 18.7. The monoisotopic (exact) mass is 368 g/mol. The zero-order valence-electron chi connectivity index (χ0n) is 15.9. The number of aromatic nitrogens is 3. The predicted molar refractivity (Wildman–Crippen MR) is 103 cm³/mol. The van der Waals surface area contributed by atoms with Crippen LogP contribution in [-0.2, 0) is 16.8 Å². The number of carbonyl (C=O) groups excluding carboxylic acids is 1. The van der Waals surface area contributed by atoms with Crippen molar-refractivity contribution in [2.24, 2.45) is 0 Å². The van der Waals surface area contributed by atoms with Crippen molar-refractivity contribution in [2.75, 3.05) is 0 Å². The molecule has 142 valence electrons. The zero-order chi connectivity index (χ0) is 19.8. The number of rotatable bonds is 5. The summed E-state index contributed by atoms with van der Waals surface area (Å²) in [6.07, 6.45) is 1.97. The Labute approximate surface area is 157 Å². The molecule has 0 saturated heterocycles. The van der Waals surface area contributed by atoms with Crippen molar-refractivity contribution in [3.63, 3.8) is 0 Å². The number of nitrogens with zero attached hydrogens (tertiary/aromatic N) is 2. The molecule has 0 saturated carbocycles. The second-order valence-corrected chi connectivity index (χ2v) is 7.68. The fraction of sp³-hybridized carbons (Fsp3) is 0.350. The minimum absolute atomic E-state index is 0.185. The molecule has 1 aromatic carbocycles. The Morgan fingerprint density at radius 3 is 2.63 bits per heavy atom. The van der Waals surface area contributed by atoms with Crippen LogP contribution in [0.1, 0.15) is 42.5 Å². The lowest BCUT2D eigenvalue weighted by molar-refractivity contribution is -0.139. The van der Waals surface area contributed by atoms with Gasteiger partial charge < -0.3 is 15.4 Å². The summed E-state index contributed by atoms with van der Waals surface area (Å²) in [4.78, 5) is 27.4. The van der Waals surface area contributed by atoms with E-state index in [4.69, 9.17) is 0 Å². The summed E-state index contributed by atoms with van der Waals surface area (Å²) in [6, 6.07) is 8.29. The molecule has 0 radical (unpaired) electrons. The Morgan fingerprint density at radius 2 is 2.00 bits per heavy atom. The summed E-state index contributed by atoms with van der Waals surface area (Å²) in [5, 5.41) is 17.5. The maximum atomic E-state index is 12.6. The third-order valence-electron chi connectivity index (χ3n) is 4.46. The second kappa shape index (κ2) is 6.90. The van der Waals surface area contributed by atoms with Crippen molar-refractivity contribution in [1.82, 2.24) is 20.1 Å². The quantitative estimate of drug-likeness (QED) is 0.645. The molecule has 0 aliphatic rings. The number of aromatic amines is 1. The Bertz CT molecular complexity index is 994. The van der Waals surface area contributed by atoms with E-state index in [-0.39, 0.29) is 17.7 Å². The maximum Gasteiger partial charge on any atom is 0.326 e. The number of para-hydroxylation sites is 1. The van der Waals surface area contributed by atoms with E-state index in [9.17, 15) is 14.7 Å². The molecule has 2 heterocycles. The number of carbonyl (C=O) groups is 2. The molecule has 0 spiro atoms. The Hall–Kier alpha value is -3.09. The average molecular weight is 368 g/mol. The van der Waals surface area contributed by atoms with E-state index in [2.05, 4.69) is 15.4 Å². The van der Waals surface area contributed by atoms with Crippen molar-refractivity contribution < 1.29 is 14.7 Å². The lowest BCUT2D eigenvalue weighted by Crippen LogP contribution is -2.42. The maximum absolute atomic E-state index is 12.6. The summed E-state index contributed by atoms with van der Waals surface area (Å²) < 4.78 is 1.76. The normalized spacial score (nSPS) is 12.9. The third-order valence-corrected chi connectivity index (χ3v) is 4.46. The second-order valence-electron chi connectivity index (χ2n) is 7.68. The number of nitrogens with one attached hydrogen (secondary N) is 2. The van der Waals surface area contributed by atoms with Crippen LogP contribution >= 0.6 is 0 Å². The van der Waals surface area contributed by atoms with Gasteiger partial charge in [0.2, 0.25) is 0 Å². The van der Waals surface area contributed by atoms with Gasteiger partial charge >= 0.3 is 5.97 Å². The van der Waals surface area contributed by atoms with Gasteiger partial charge in [0.15, 0.2) is 0 Å². The van der Waals surface area contributed by atoms with Gasteiger partial charge in [0, 0.05) is 29.2 Å². The number of amides is 1. The average Bonchev–Trinajstić information content (AvgIpc) is 3.18. The van der Waals surface area contributed by atoms with Crippen LogP contribution in [0.15, 0.2) is 36.5 Å². The fourth-order valence-electron chi connectivity index (χ4n) is 3.22. The molecule has 1 amide bonds. The predicted octanol–water partition coefficient (Wildman–Crippen LogP) is 2.85. The van der Waals surface area contributed by atoms with Crippen LogP contribution < -0.4 is 5.32 Å². The molecule has 3 aromatic rings. The molecule has 7 nitrogen and oxygen atoms in total. The van der Waals surface area contributed by atoms with Gasteiger partial charge in [0.1, 0.15) is 11.7 Å². The minimum Gasteiger partial charge on any atom is -0.480 e. The van der Waals surface area contributed by atoms with E-state index in [1.54, 1.807) is 16.9 Å². The molecule has 0 aliphatic carbocycles. The highest BCUT2D eigenvalue weighted by Gasteiger charge is 2.25. The van der Waals surface area contributed by atoms with Gasteiger partial charge in [-0.25, -0.2) is 4.79 Å². The number of carboxylic acids is 1. The first-order valence-corrected chi connectivity index (χ1v) is 8.82. The van der Waals surface area contributed by atoms with Crippen molar-refractivity contribution in [3.8, 4) is 0 Å². The van der Waals surface area contributed by atoms with Gasteiger partial charge in [0.25, 0.3) is 5.91 Å². The summed E-state index contributed by atoms with van der Waals surface area (Å²) in [7, 11) is 0. The molecule has 0 aliphatic heterocycles. The highest BCUT2D eigenvalue weighted by atomic mass is 16.4. The number of H-pyrrole nitrogens is 1. The van der Waals surface area contributed by atoms with Gasteiger partial charge in [-0.05, 0) is 45.4 Å². The molecule has 27 heavy (non-hydrogen) atoms. The van der Waals surface area contributed by atoms with Crippen LogP contribution in [0.3, 0.4) is 0 Å². The van der Waals surface area contributed by atoms with E-state index in [0.717, 1.165) is 22.2 Å². The Balaban J connectivity index is 1.81. The van der Waals surface area contributed by atoms with Crippen molar-refractivity contribution in [2.45, 2.75) is 45.7 Å². The smallest absolute Gasteiger partial charge is 0.326 e. The summed E-state index contributed by atoms with van der Waals surface area (Å²) >= 11 is 0. The van der Waals surface area contributed by atoms with Crippen LogP contribution in [-0.4, -0.2) is 37.8 Å². The number of hydrogen-bond donors (Lipinski definition) is 3. The molecule has 2 aromatic heterocycles. The zero-order valence-corrected chi connectivity index (χ0v) is 15.9. The molecular formula is C20H24N4O3. The van der Waals surface area contributed by atoms with Gasteiger partial charge in [-0.2, -0.15) is 5.10 Å². The van der Waals surface area contributed by atoms with Gasteiger partial charge in [0.05, 0.1) is 5.54 Å². The largest absolute Gasteiger partial charge is 0.480 e. The number of fused-ring (bicyclic) bond motifs is 1. The van der Waals surface area contributed by atoms with Crippen LogP contribution in [0.2, 0.25) is 0 Å². The van der Waals surface area contributed by atoms with Gasteiger partial charge in [-0.1, -0.05) is 18.2 Å². The topological polar surface area (TPSA) is 100 Å². The SMILES string of the molecule is Cc1cc(C(=O)N[C@H](Cc2c[nH]c3ccccc23)C(=O)O)nn1C(C)(C)C. The van der Waals surface area contributed by atoms with Crippen LogP contribution in [0.25, 0.3) is 10.9 Å². The molecule has 0 bridgehead atoms. The lowest BCUT2D eigenvalue weighted by Gasteiger charge is -2.21. The van der Waals surface area contributed by atoms with Crippen LogP contribution in [0.4, 0.5) is 0 Å². The lowest BCUT2D eigenvalue weighted by atomic mass is 10.0. The van der Waals surface area contributed by atoms with Crippen molar-refractivity contribution >= 4 is 22.8 Å². The fourth-order valence-corrected chi connectivity index (χ4v) is 3.22. The first-order chi connectivity index (χ1) is 12.7. The van der Waals surface area contributed by atoms with Gasteiger partial charge in [-0.15, -0.1) is 0 Å². The number of benzene rings is 1. The standard InChI is InChI=1S/C20H24N4O3/c1-12-9-16(23-24(12)20(2,3)4)18(25)22-17(19(26)27)10-13-11-21-15-8-6-5-7-14(13)15/h5-9,11,17,21H,10H2,1-4H3,(H,22,25)(H,26,27)/t17-/m1/s1. The molecule has 0 unspecified atom stereocenters. The highest BCUT2D eigenvalue weighted by molar-refractivity contribution is 5.95. The molecule has 3 N–H and O–H groups in total. The number of aryl methyl sites for hydroxylation is 1. The Morgan fingerprint density at radius 1 is 1.30 bits per heavy atom. The van der Waals surface area contributed by atoms with E-state index in [1.165, 1.54) is 0 Å². The molecular weight excluding hydrogens is 344 g/mol. The number of carboxylic acid groups (broad SMARTS) is 1. The van der Waals surface area contributed by atoms with Crippen LogP contribution in [0, 0.1) is 6.92 Å². The first-order valence-electron chi connectivity index (χ1n) is 8.82.